The maximum Gasteiger partial charge on any atom is 0.127 e. The molecule has 1 aromatic carbocycles. The number of hydrogen-bond donors (Lipinski definition) is 2. The third-order valence-corrected chi connectivity index (χ3v) is 4.19. The van der Waals surface area contributed by atoms with E-state index in [1.165, 1.54) is 11.1 Å². The molecule has 1 unspecified atom stereocenters. The lowest BCUT2D eigenvalue weighted by Crippen LogP contribution is -2.34. The number of ether oxygens (including phenoxy) is 1. The van der Waals surface area contributed by atoms with Crippen LogP contribution >= 0.6 is 15.9 Å². The molecule has 0 aliphatic carbocycles. The van der Waals surface area contributed by atoms with Gasteiger partial charge < -0.3 is 10.5 Å². The van der Waals surface area contributed by atoms with Gasteiger partial charge in [0.2, 0.25) is 0 Å². The van der Waals surface area contributed by atoms with E-state index in [1.54, 1.807) is 0 Å². The number of amidine groups is 1. The molecule has 0 aromatic heterocycles. The highest BCUT2D eigenvalue weighted by molar-refractivity contribution is 9.10. The Hall–Kier alpha value is -1.07. The first kappa shape index (κ1) is 15.3. The molecule has 1 aromatic rings. The van der Waals surface area contributed by atoms with Crippen molar-refractivity contribution in [2.75, 3.05) is 19.7 Å². The third-order valence-electron chi connectivity index (χ3n) is 3.73. The van der Waals surface area contributed by atoms with Crippen LogP contribution in [0.5, 0.6) is 5.75 Å². The van der Waals surface area contributed by atoms with Gasteiger partial charge in [-0.1, -0.05) is 29.8 Å². The summed E-state index contributed by atoms with van der Waals surface area (Å²) in [6, 6.07) is 4.27. The van der Waals surface area contributed by atoms with E-state index in [9.17, 15) is 0 Å². The van der Waals surface area contributed by atoms with Gasteiger partial charge >= 0.3 is 0 Å². The van der Waals surface area contributed by atoms with Crippen molar-refractivity contribution in [2.45, 2.75) is 26.8 Å². The second-order valence-electron chi connectivity index (χ2n) is 5.34. The van der Waals surface area contributed by atoms with Gasteiger partial charge in [-0.2, -0.15) is 0 Å². The molecule has 20 heavy (non-hydrogen) atoms. The molecule has 1 heterocycles. The average molecular weight is 340 g/mol. The van der Waals surface area contributed by atoms with Gasteiger partial charge in [0.15, 0.2) is 0 Å². The molecule has 1 aliphatic heterocycles. The van der Waals surface area contributed by atoms with E-state index >= 15 is 0 Å². The van der Waals surface area contributed by atoms with Gasteiger partial charge in [-0.05, 0) is 24.2 Å². The van der Waals surface area contributed by atoms with E-state index in [1.807, 2.05) is 6.92 Å². The molecule has 1 atom stereocenters. The van der Waals surface area contributed by atoms with Crippen LogP contribution in [-0.4, -0.2) is 30.4 Å². The molecule has 0 bridgehead atoms. The predicted molar refractivity (Wildman–Crippen MR) is 85.4 cm³/mol. The van der Waals surface area contributed by atoms with Crippen LogP contribution in [-0.2, 0) is 13.0 Å². The van der Waals surface area contributed by atoms with E-state index in [4.69, 9.17) is 15.9 Å². The summed E-state index contributed by atoms with van der Waals surface area (Å²) >= 11 is 3.57. The first-order valence-electron chi connectivity index (χ1n) is 7.01. The zero-order valence-electron chi connectivity index (χ0n) is 12.1. The second kappa shape index (κ2) is 6.59. The largest absolute Gasteiger partial charge is 0.493 e. The van der Waals surface area contributed by atoms with Gasteiger partial charge in [0.1, 0.15) is 5.75 Å². The Kier molecular flexibility index (Phi) is 5.05. The van der Waals surface area contributed by atoms with Gasteiger partial charge in [-0.25, -0.2) is 0 Å². The Balaban J connectivity index is 2.14. The van der Waals surface area contributed by atoms with Crippen LogP contribution in [0.2, 0.25) is 0 Å². The van der Waals surface area contributed by atoms with Crippen LogP contribution in [0.25, 0.3) is 0 Å². The van der Waals surface area contributed by atoms with Gasteiger partial charge in [-0.3, -0.25) is 10.3 Å². The molecular weight excluding hydrogens is 318 g/mol. The molecule has 5 heteroatoms. The van der Waals surface area contributed by atoms with Gasteiger partial charge in [0, 0.05) is 35.5 Å². The standard InChI is InChI=1S/C15H22BrN3O/c1-3-19(8-10(2)15(17)18)9-12-7-13(16)6-11-4-5-20-14(11)12/h6-7,10H,3-5,8-9H2,1-2H3,(H3,17,18). The molecule has 2 rings (SSSR count). The van der Waals surface area contributed by atoms with E-state index < -0.39 is 0 Å². The van der Waals surface area contributed by atoms with Crippen LogP contribution < -0.4 is 10.5 Å². The van der Waals surface area contributed by atoms with Gasteiger partial charge in [0.05, 0.1) is 12.4 Å². The number of fused-ring (bicyclic) bond motifs is 1. The number of nitrogens with one attached hydrogen (secondary N) is 1. The summed E-state index contributed by atoms with van der Waals surface area (Å²) in [5.74, 6) is 1.37. The zero-order chi connectivity index (χ0) is 14.7. The number of rotatable bonds is 6. The van der Waals surface area contributed by atoms with Crippen LogP contribution in [0.4, 0.5) is 0 Å². The number of halogens is 1. The quantitative estimate of drug-likeness (QED) is 0.618. The molecule has 0 amide bonds. The van der Waals surface area contributed by atoms with Crippen molar-refractivity contribution in [2.24, 2.45) is 11.7 Å². The van der Waals surface area contributed by atoms with E-state index in [0.717, 1.165) is 42.9 Å². The SMILES string of the molecule is CCN(Cc1cc(Br)cc2c1OCC2)CC(C)C(=N)N. The molecule has 4 nitrogen and oxygen atoms in total. The molecule has 0 saturated carbocycles. The maximum absolute atomic E-state index is 7.52. The summed E-state index contributed by atoms with van der Waals surface area (Å²) in [6.45, 7) is 7.45. The first-order chi connectivity index (χ1) is 9.51. The van der Waals surface area contributed by atoms with Crippen LogP contribution in [0.3, 0.4) is 0 Å². The second-order valence-corrected chi connectivity index (χ2v) is 6.25. The molecule has 0 fully saturated rings. The summed E-state index contributed by atoms with van der Waals surface area (Å²) < 4.78 is 6.87. The highest BCUT2D eigenvalue weighted by Crippen LogP contribution is 2.33. The predicted octanol–water partition coefficient (Wildman–Crippen LogP) is 2.78. The monoisotopic (exact) mass is 339 g/mol. The van der Waals surface area contributed by atoms with Crippen molar-refractivity contribution < 1.29 is 4.74 Å². The minimum atomic E-state index is 0.0797. The van der Waals surface area contributed by atoms with Crippen molar-refractivity contribution in [1.29, 1.82) is 5.41 Å². The minimum Gasteiger partial charge on any atom is -0.493 e. The smallest absolute Gasteiger partial charge is 0.127 e. The summed E-state index contributed by atoms with van der Waals surface area (Å²) in [5.41, 5.74) is 8.07. The molecule has 1 aliphatic rings. The van der Waals surface area contributed by atoms with Gasteiger partial charge in [-0.15, -0.1) is 0 Å². The molecule has 0 spiro atoms. The Labute approximate surface area is 128 Å². The van der Waals surface area contributed by atoms with Gasteiger partial charge in [0.25, 0.3) is 0 Å². The lowest BCUT2D eigenvalue weighted by Gasteiger charge is -2.24. The maximum atomic E-state index is 7.52. The number of benzene rings is 1. The average Bonchev–Trinajstić information content (AvgIpc) is 2.85. The Morgan fingerprint density at radius 3 is 2.95 bits per heavy atom. The normalized spacial score (nSPS) is 15.0. The number of nitrogens with zero attached hydrogens (tertiary/aromatic N) is 1. The fourth-order valence-corrected chi connectivity index (χ4v) is 3.05. The fourth-order valence-electron chi connectivity index (χ4n) is 2.50. The van der Waals surface area contributed by atoms with Crippen molar-refractivity contribution in [3.63, 3.8) is 0 Å². The molecule has 0 radical (unpaired) electrons. The Morgan fingerprint density at radius 2 is 2.30 bits per heavy atom. The summed E-state index contributed by atoms with van der Waals surface area (Å²) in [7, 11) is 0. The Morgan fingerprint density at radius 1 is 1.55 bits per heavy atom. The summed E-state index contributed by atoms with van der Waals surface area (Å²) in [5, 5.41) is 7.52. The number of nitrogens with two attached hydrogens (primary N) is 1. The van der Waals surface area contributed by atoms with E-state index in [0.29, 0.717) is 0 Å². The zero-order valence-corrected chi connectivity index (χ0v) is 13.7. The molecule has 3 N–H and O–H groups in total. The lowest BCUT2D eigenvalue weighted by atomic mass is 10.1. The molecule has 0 saturated heterocycles. The first-order valence-corrected chi connectivity index (χ1v) is 7.81. The van der Waals surface area contributed by atoms with Crippen molar-refractivity contribution in [3.8, 4) is 5.75 Å². The summed E-state index contributed by atoms with van der Waals surface area (Å²) in [4.78, 5) is 2.30. The highest BCUT2D eigenvalue weighted by Gasteiger charge is 2.20. The van der Waals surface area contributed by atoms with Crippen LogP contribution in [0.15, 0.2) is 16.6 Å². The van der Waals surface area contributed by atoms with Crippen molar-refractivity contribution in [1.82, 2.24) is 4.90 Å². The number of hydrogen-bond acceptors (Lipinski definition) is 3. The van der Waals surface area contributed by atoms with E-state index in [2.05, 4.69) is 39.9 Å². The summed E-state index contributed by atoms with van der Waals surface area (Å²) in [6.07, 6.45) is 0.984. The van der Waals surface area contributed by atoms with Crippen LogP contribution in [0.1, 0.15) is 25.0 Å². The molecule has 110 valence electrons. The lowest BCUT2D eigenvalue weighted by molar-refractivity contribution is 0.257. The molecular formula is C15H22BrN3O. The fraction of sp³-hybridized carbons (Fsp3) is 0.533. The van der Waals surface area contributed by atoms with Crippen molar-refractivity contribution in [3.05, 3.63) is 27.7 Å². The van der Waals surface area contributed by atoms with Crippen LogP contribution in [0, 0.1) is 11.3 Å². The highest BCUT2D eigenvalue weighted by atomic mass is 79.9. The Bertz CT molecular complexity index is 504. The topological polar surface area (TPSA) is 62.3 Å². The van der Waals surface area contributed by atoms with E-state index in [-0.39, 0.29) is 11.8 Å². The minimum absolute atomic E-state index is 0.0797. The van der Waals surface area contributed by atoms with Crippen molar-refractivity contribution >= 4 is 21.8 Å². The third kappa shape index (κ3) is 3.52.